The summed E-state index contributed by atoms with van der Waals surface area (Å²) in [4.78, 5) is 4.48. The fraction of sp³-hybridized carbons (Fsp3) is 0.400. The van der Waals surface area contributed by atoms with Gasteiger partial charge in [0.15, 0.2) is 0 Å². The van der Waals surface area contributed by atoms with Gasteiger partial charge in [-0.2, -0.15) is 0 Å². The molecule has 0 amide bonds. The fourth-order valence-electron chi connectivity index (χ4n) is 2.31. The van der Waals surface area contributed by atoms with Gasteiger partial charge in [0.05, 0.1) is 6.04 Å². The largest absolute Gasteiger partial charge is 0.334 e. The molecule has 2 aromatic rings. The number of benzene rings is 1. The van der Waals surface area contributed by atoms with E-state index < -0.39 is 0 Å². The molecule has 5 heteroatoms. The second-order valence-corrected chi connectivity index (χ2v) is 5.47. The predicted molar refractivity (Wildman–Crippen MR) is 84.5 cm³/mol. The Balaban J connectivity index is 2.25. The predicted octanol–water partition coefficient (Wildman–Crippen LogP) is 4.10. The molecule has 0 aliphatic heterocycles. The number of hydrogen-bond acceptors (Lipinski definition) is 2. The Bertz CT molecular complexity index is 566. The van der Waals surface area contributed by atoms with Crippen LogP contribution in [0.4, 0.5) is 0 Å². The standard InChI is InChI=1S/C15H19Cl2N3/c1-3-18-14(15-19-7-8-20(15)4-2)9-11-5-6-12(16)10-13(11)17/h5-8,10,14,18H,3-4,9H2,1-2H3. The quantitative estimate of drug-likeness (QED) is 0.870. The number of aromatic nitrogens is 2. The van der Waals surface area contributed by atoms with E-state index in [1.807, 2.05) is 24.5 Å². The Morgan fingerprint density at radius 3 is 2.75 bits per heavy atom. The number of likely N-dealkylation sites (N-methyl/N-ethyl adjacent to an activating group) is 1. The van der Waals surface area contributed by atoms with E-state index in [9.17, 15) is 0 Å². The Morgan fingerprint density at radius 2 is 2.10 bits per heavy atom. The third-order valence-corrected chi connectivity index (χ3v) is 3.88. The summed E-state index contributed by atoms with van der Waals surface area (Å²) in [5.41, 5.74) is 1.08. The topological polar surface area (TPSA) is 29.9 Å². The van der Waals surface area contributed by atoms with Crippen molar-refractivity contribution in [2.75, 3.05) is 6.54 Å². The zero-order chi connectivity index (χ0) is 14.5. The van der Waals surface area contributed by atoms with Crippen molar-refractivity contribution in [3.8, 4) is 0 Å². The average molecular weight is 312 g/mol. The van der Waals surface area contributed by atoms with E-state index >= 15 is 0 Å². The fourth-order valence-corrected chi connectivity index (χ4v) is 2.79. The SMILES string of the molecule is CCNC(Cc1ccc(Cl)cc1Cl)c1nccn1CC. The molecule has 1 atom stereocenters. The molecule has 108 valence electrons. The van der Waals surface area contributed by atoms with Crippen LogP contribution in [0.25, 0.3) is 0 Å². The Hall–Kier alpha value is -1.03. The van der Waals surface area contributed by atoms with Crippen molar-refractivity contribution in [3.05, 3.63) is 52.0 Å². The summed E-state index contributed by atoms with van der Waals surface area (Å²) in [6.45, 7) is 6.00. The van der Waals surface area contributed by atoms with Crippen molar-refractivity contribution in [2.45, 2.75) is 32.9 Å². The zero-order valence-electron chi connectivity index (χ0n) is 11.7. The maximum Gasteiger partial charge on any atom is 0.126 e. The van der Waals surface area contributed by atoms with Crippen molar-refractivity contribution >= 4 is 23.2 Å². The molecule has 0 saturated carbocycles. The summed E-state index contributed by atoms with van der Waals surface area (Å²) in [5, 5.41) is 4.84. The molecule has 20 heavy (non-hydrogen) atoms. The van der Waals surface area contributed by atoms with Crippen molar-refractivity contribution < 1.29 is 0 Å². The van der Waals surface area contributed by atoms with Crippen LogP contribution in [0.2, 0.25) is 10.0 Å². The van der Waals surface area contributed by atoms with E-state index in [0.29, 0.717) is 10.0 Å². The van der Waals surface area contributed by atoms with Crippen LogP contribution in [0.5, 0.6) is 0 Å². The van der Waals surface area contributed by atoms with Crippen LogP contribution in [0.15, 0.2) is 30.6 Å². The molecule has 0 spiro atoms. The van der Waals surface area contributed by atoms with Gasteiger partial charge in [0.1, 0.15) is 5.82 Å². The number of nitrogens with one attached hydrogen (secondary N) is 1. The monoisotopic (exact) mass is 311 g/mol. The lowest BCUT2D eigenvalue weighted by atomic mass is 10.0. The van der Waals surface area contributed by atoms with E-state index in [-0.39, 0.29) is 6.04 Å². The molecule has 1 aromatic carbocycles. The summed E-state index contributed by atoms with van der Waals surface area (Å²) in [6.07, 6.45) is 4.64. The van der Waals surface area contributed by atoms with Gasteiger partial charge in [-0.25, -0.2) is 4.98 Å². The summed E-state index contributed by atoms with van der Waals surface area (Å²) in [5.74, 6) is 1.04. The van der Waals surface area contributed by atoms with Gasteiger partial charge in [-0.05, 0) is 37.6 Å². The van der Waals surface area contributed by atoms with Gasteiger partial charge in [-0.15, -0.1) is 0 Å². The van der Waals surface area contributed by atoms with Gasteiger partial charge >= 0.3 is 0 Å². The maximum absolute atomic E-state index is 6.27. The van der Waals surface area contributed by atoms with E-state index in [0.717, 1.165) is 30.9 Å². The molecule has 2 rings (SSSR count). The first-order valence-electron chi connectivity index (χ1n) is 6.84. The van der Waals surface area contributed by atoms with Gasteiger partial charge in [0.2, 0.25) is 0 Å². The van der Waals surface area contributed by atoms with E-state index in [1.54, 1.807) is 6.07 Å². The highest BCUT2D eigenvalue weighted by atomic mass is 35.5. The Morgan fingerprint density at radius 1 is 1.30 bits per heavy atom. The molecule has 0 fully saturated rings. The van der Waals surface area contributed by atoms with Crippen LogP contribution in [0, 0.1) is 0 Å². The Kier molecular flexibility index (Phi) is 5.46. The molecule has 3 nitrogen and oxygen atoms in total. The lowest BCUT2D eigenvalue weighted by Crippen LogP contribution is -2.26. The van der Waals surface area contributed by atoms with Crippen molar-refractivity contribution in [2.24, 2.45) is 0 Å². The number of imidazole rings is 1. The highest BCUT2D eigenvalue weighted by Gasteiger charge is 2.17. The number of aryl methyl sites for hydroxylation is 1. The molecule has 1 heterocycles. The summed E-state index contributed by atoms with van der Waals surface area (Å²) in [7, 11) is 0. The molecule has 0 radical (unpaired) electrons. The number of halogens is 2. The zero-order valence-corrected chi connectivity index (χ0v) is 13.2. The van der Waals surface area contributed by atoms with Crippen LogP contribution in [-0.4, -0.2) is 16.1 Å². The second-order valence-electron chi connectivity index (χ2n) is 4.62. The highest BCUT2D eigenvalue weighted by molar-refractivity contribution is 6.35. The lowest BCUT2D eigenvalue weighted by Gasteiger charge is -2.19. The molecule has 0 aliphatic carbocycles. The minimum Gasteiger partial charge on any atom is -0.334 e. The maximum atomic E-state index is 6.27. The van der Waals surface area contributed by atoms with Crippen LogP contribution in [-0.2, 0) is 13.0 Å². The smallest absolute Gasteiger partial charge is 0.126 e. The van der Waals surface area contributed by atoms with Gasteiger partial charge in [0.25, 0.3) is 0 Å². The normalized spacial score (nSPS) is 12.6. The third kappa shape index (κ3) is 3.54. The van der Waals surface area contributed by atoms with Crippen LogP contribution in [0.3, 0.4) is 0 Å². The van der Waals surface area contributed by atoms with Gasteiger partial charge in [0, 0.05) is 29.0 Å². The third-order valence-electron chi connectivity index (χ3n) is 3.29. The van der Waals surface area contributed by atoms with Gasteiger partial charge in [-0.1, -0.05) is 36.2 Å². The molecule has 1 N–H and O–H groups in total. The van der Waals surface area contributed by atoms with Gasteiger partial charge in [-0.3, -0.25) is 0 Å². The first-order chi connectivity index (χ1) is 9.65. The van der Waals surface area contributed by atoms with Crippen LogP contribution >= 0.6 is 23.2 Å². The molecule has 0 saturated heterocycles. The molecule has 0 aliphatic rings. The highest BCUT2D eigenvalue weighted by Crippen LogP contribution is 2.25. The molecule has 1 aromatic heterocycles. The minimum absolute atomic E-state index is 0.147. The van der Waals surface area contributed by atoms with Crippen LogP contribution < -0.4 is 5.32 Å². The lowest BCUT2D eigenvalue weighted by molar-refractivity contribution is 0.495. The van der Waals surface area contributed by atoms with Crippen LogP contribution in [0.1, 0.15) is 31.3 Å². The molecular weight excluding hydrogens is 293 g/mol. The Labute approximate surface area is 129 Å². The first kappa shape index (κ1) is 15.4. The van der Waals surface area contributed by atoms with E-state index in [4.69, 9.17) is 23.2 Å². The summed E-state index contributed by atoms with van der Waals surface area (Å²) >= 11 is 12.2. The first-order valence-corrected chi connectivity index (χ1v) is 7.59. The molecule has 1 unspecified atom stereocenters. The number of nitrogens with zero attached hydrogens (tertiary/aromatic N) is 2. The van der Waals surface area contributed by atoms with E-state index in [2.05, 4.69) is 28.7 Å². The van der Waals surface area contributed by atoms with Crippen molar-refractivity contribution in [1.29, 1.82) is 0 Å². The average Bonchev–Trinajstić information content (AvgIpc) is 2.89. The van der Waals surface area contributed by atoms with Crippen molar-refractivity contribution in [3.63, 3.8) is 0 Å². The summed E-state index contributed by atoms with van der Waals surface area (Å²) < 4.78 is 2.15. The van der Waals surface area contributed by atoms with Crippen molar-refractivity contribution in [1.82, 2.24) is 14.9 Å². The molecular formula is C15H19Cl2N3. The summed E-state index contributed by atoms with van der Waals surface area (Å²) in [6, 6.07) is 5.79. The minimum atomic E-state index is 0.147. The number of rotatable bonds is 6. The second kappa shape index (κ2) is 7.11. The van der Waals surface area contributed by atoms with E-state index in [1.165, 1.54) is 0 Å². The van der Waals surface area contributed by atoms with Gasteiger partial charge < -0.3 is 9.88 Å². The number of hydrogen-bond donors (Lipinski definition) is 1. The molecule has 0 bridgehead atoms.